The molecule has 2 aromatic rings. The minimum atomic E-state index is -0.675. The summed E-state index contributed by atoms with van der Waals surface area (Å²) in [7, 11) is 0. The van der Waals surface area contributed by atoms with Gasteiger partial charge >= 0.3 is 0 Å². The molecular formula is C21H24ClN3O3S. The summed E-state index contributed by atoms with van der Waals surface area (Å²) >= 11 is 7.56. The van der Waals surface area contributed by atoms with E-state index in [9.17, 15) is 9.59 Å². The lowest BCUT2D eigenvalue weighted by molar-refractivity contribution is -0.123. The van der Waals surface area contributed by atoms with Gasteiger partial charge in [-0.15, -0.1) is 11.3 Å². The van der Waals surface area contributed by atoms with E-state index in [1.807, 2.05) is 38.1 Å². The number of carbonyl (C=O) groups is 2. The Labute approximate surface area is 179 Å². The molecule has 154 valence electrons. The SMILES string of the molecule is CC(C)NC(=O)[C@@H]1NC(=O)c2sc(N3CCOCC3)cc2[C@H]1c1ccc(Cl)cc1. The third-order valence-corrected chi connectivity index (χ3v) is 6.64. The van der Waals surface area contributed by atoms with Crippen LogP contribution >= 0.6 is 22.9 Å². The second-order valence-corrected chi connectivity index (χ2v) is 9.08. The minimum Gasteiger partial charge on any atom is -0.378 e. The Balaban J connectivity index is 1.77. The number of halogens is 1. The van der Waals surface area contributed by atoms with Gasteiger partial charge < -0.3 is 20.3 Å². The van der Waals surface area contributed by atoms with Crippen LogP contribution < -0.4 is 15.5 Å². The minimum absolute atomic E-state index is 0.0157. The van der Waals surface area contributed by atoms with E-state index < -0.39 is 6.04 Å². The van der Waals surface area contributed by atoms with Crippen LogP contribution in [0.4, 0.5) is 5.00 Å². The molecule has 29 heavy (non-hydrogen) atoms. The van der Waals surface area contributed by atoms with Crippen molar-refractivity contribution < 1.29 is 14.3 Å². The van der Waals surface area contributed by atoms with Crippen LogP contribution in [0.25, 0.3) is 0 Å². The lowest BCUT2D eigenvalue weighted by Gasteiger charge is -2.32. The quantitative estimate of drug-likeness (QED) is 0.777. The first-order valence-electron chi connectivity index (χ1n) is 9.77. The summed E-state index contributed by atoms with van der Waals surface area (Å²) < 4.78 is 5.45. The fraction of sp³-hybridized carbons (Fsp3) is 0.429. The van der Waals surface area contributed by atoms with Crippen molar-refractivity contribution in [3.05, 3.63) is 51.4 Å². The zero-order chi connectivity index (χ0) is 20.5. The Hall–Kier alpha value is -2.09. The topological polar surface area (TPSA) is 70.7 Å². The molecule has 1 aromatic carbocycles. The molecule has 1 fully saturated rings. The zero-order valence-corrected chi connectivity index (χ0v) is 18.0. The molecule has 2 aliphatic heterocycles. The average Bonchev–Trinajstić information content (AvgIpc) is 3.15. The number of benzene rings is 1. The number of nitrogens with one attached hydrogen (secondary N) is 2. The van der Waals surface area contributed by atoms with Gasteiger partial charge in [-0.05, 0) is 43.2 Å². The molecule has 6 nitrogen and oxygen atoms in total. The van der Waals surface area contributed by atoms with E-state index in [0.29, 0.717) is 23.1 Å². The third kappa shape index (κ3) is 4.13. The van der Waals surface area contributed by atoms with Crippen LogP contribution in [0.15, 0.2) is 30.3 Å². The number of carbonyl (C=O) groups excluding carboxylic acids is 2. The molecule has 2 aliphatic rings. The number of hydrogen-bond acceptors (Lipinski definition) is 5. The summed E-state index contributed by atoms with van der Waals surface area (Å²) in [5.74, 6) is -0.651. The highest BCUT2D eigenvalue weighted by Crippen LogP contribution is 2.42. The van der Waals surface area contributed by atoms with Gasteiger partial charge in [0.25, 0.3) is 5.91 Å². The predicted octanol–water partition coefficient (Wildman–Crippen LogP) is 3.01. The van der Waals surface area contributed by atoms with E-state index in [4.69, 9.17) is 16.3 Å². The fourth-order valence-corrected chi connectivity index (χ4v) is 5.13. The summed E-state index contributed by atoms with van der Waals surface area (Å²) in [6, 6.07) is 8.87. The van der Waals surface area contributed by atoms with Gasteiger partial charge in [0.15, 0.2) is 0 Å². The number of ether oxygens (including phenoxy) is 1. The second-order valence-electron chi connectivity index (χ2n) is 7.61. The van der Waals surface area contributed by atoms with Crippen molar-refractivity contribution in [3.63, 3.8) is 0 Å². The molecule has 2 atom stereocenters. The standard InChI is InChI=1S/C21H24ClN3O3S/c1-12(2)23-20(26)18-17(13-3-5-14(22)6-4-13)15-11-16(25-7-9-28-10-8-25)29-19(15)21(27)24-18/h3-6,11-12,17-18H,7-10H2,1-2H3,(H,23,26)(H,24,27)/t17-,18-/m1/s1. The van der Waals surface area contributed by atoms with Crippen LogP contribution in [-0.2, 0) is 9.53 Å². The summed E-state index contributed by atoms with van der Waals surface area (Å²) in [6.45, 7) is 6.76. The van der Waals surface area contributed by atoms with Crippen molar-refractivity contribution in [1.29, 1.82) is 0 Å². The van der Waals surface area contributed by atoms with E-state index in [-0.39, 0.29) is 23.8 Å². The number of fused-ring (bicyclic) bond motifs is 1. The lowest BCUT2D eigenvalue weighted by Crippen LogP contribution is -2.54. The molecular weight excluding hydrogens is 410 g/mol. The van der Waals surface area contributed by atoms with Crippen molar-refractivity contribution in [3.8, 4) is 0 Å². The van der Waals surface area contributed by atoms with Crippen LogP contribution in [0.3, 0.4) is 0 Å². The normalized spacial score (nSPS) is 21.7. The Bertz CT molecular complexity index is 906. The van der Waals surface area contributed by atoms with Gasteiger partial charge in [-0.3, -0.25) is 9.59 Å². The Morgan fingerprint density at radius 2 is 1.97 bits per heavy atom. The lowest BCUT2D eigenvalue weighted by atomic mass is 9.82. The summed E-state index contributed by atoms with van der Waals surface area (Å²) in [6.07, 6.45) is 0. The maximum Gasteiger partial charge on any atom is 0.262 e. The first kappa shape index (κ1) is 20.2. The van der Waals surface area contributed by atoms with Crippen molar-refractivity contribution in [2.24, 2.45) is 0 Å². The number of hydrogen-bond donors (Lipinski definition) is 2. The molecule has 0 saturated carbocycles. The van der Waals surface area contributed by atoms with Gasteiger partial charge in [0.1, 0.15) is 6.04 Å². The Morgan fingerprint density at radius 1 is 1.28 bits per heavy atom. The molecule has 0 aliphatic carbocycles. The average molecular weight is 434 g/mol. The Morgan fingerprint density at radius 3 is 2.62 bits per heavy atom. The summed E-state index contributed by atoms with van der Waals surface area (Å²) in [5.41, 5.74) is 1.84. The van der Waals surface area contributed by atoms with E-state index in [2.05, 4.69) is 21.6 Å². The van der Waals surface area contributed by atoms with Gasteiger partial charge in [0.2, 0.25) is 5.91 Å². The first-order valence-corrected chi connectivity index (χ1v) is 11.0. The maximum atomic E-state index is 12.9. The van der Waals surface area contributed by atoms with E-state index in [0.717, 1.165) is 29.2 Å². The van der Waals surface area contributed by atoms with Gasteiger partial charge in [0, 0.05) is 30.1 Å². The fourth-order valence-electron chi connectivity index (χ4n) is 3.84. The second kappa shape index (κ2) is 8.34. The highest BCUT2D eigenvalue weighted by molar-refractivity contribution is 7.18. The Kier molecular flexibility index (Phi) is 5.81. The molecule has 3 heterocycles. The molecule has 1 aromatic heterocycles. The van der Waals surface area contributed by atoms with Crippen LogP contribution in [0.5, 0.6) is 0 Å². The van der Waals surface area contributed by atoms with Crippen molar-refractivity contribution in [1.82, 2.24) is 10.6 Å². The molecule has 0 radical (unpaired) electrons. The van der Waals surface area contributed by atoms with Gasteiger partial charge in [-0.1, -0.05) is 23.7 Å². The van der Waals surface area contributed by atoms with E-state index in [1.54, 1.807) is 0 Å². The molecule has 1 saturated heterocycles. The van der Waals surface area contributed by atoms with Crippen LogP contribution in [0, 0.1) is 0 Å². The van der Waals surface area contributed by atoms with Gasteiger partial charge in [-0.2, -0.15) is 0 Å². The van der Waals surface area contributed by atoms with Crippen molar-refractivity contribution >= 4 is 39.8 Å². The zero-order valence-electron chi connectivity index (χ0n) is 16.4. The van der Waals surface area contributed by atoms with Crippen molar-refractivity contribution in [2.45, 2.75) is 31.8 Å². The third-order valence-electron chi connectivity index (χ3n) is 5.17. The number of nitrogens with zero attached hydrogens (tertiary/aromatic N) is 1. The number of thiophene rings is 1. The predicted molar refractivity (Wildman–Crippen MR) is 115 cm³/mol. The maximum absolute atomic E-state index is 12.9. The molecule has 2 N–H and O–H groups in total. The highest BCUT2D eigenvalue weighted by Gasteiger charge is 2.41. The molecule has 0 spiro atoms. The van der Waals surface area contributed by atoms with Crippen LogP contribution in [-0.4, -0.2) is 50.2 Å². The summed E-state index contributed by atoms with van der Waals surface area (Å²) in [4.78, 5) is 28.7. The number of anilines is 1. The largest absolute Gasteiger partial charge is 0.378 e. The summed E-state index contributed by atoms with van der Waals surface area (Å²) in [5, 5.41) is 7.56. The van der Waals surface area contributed by atoms with Crippen LogP contribution in [0.1, 0.15) is 40.6 Å². The molecule has 0 unspecified atom stereocenters. The number of rotatable bonds is 4. The van der Waals surface area contributed by atoms with E-state index in [1.165, 1.54) is 11.3 Å². The molecule has 0 bridgehead atoms. The highest BCUT2D eigenvalue weighted by atomic mass is 35.5. The first-order chi connectivity index (χ1) is 13.9. The molecule has 8 heteroatoms. The monoisotopic (exact) mass is 433 g/mol. The smallest absolute Gasteiger partial charge is 0.262 e. The van der Waals surface area contributed by atoms with Crippen LogP contribution in [0.2, 0.25) is 5.02 Å². The number of amides is 2. The molecule has 4 rings (SSSR count). The van der Waals surface area contributed by atoms with E-state index >= 15 is 0 Å². The number of morpholine rings is 1. The van der Waals surface area contributed by atoms with Crippen molar-refractivity contribution in [2.75, 3.05) is 31.2 Å². The van der Waals surface area contributed by atoms with Gasteiger partial charge in [-0.25, -0.2) is 0 Å². The van der Waals surface area contributed by atoms with Gasteiger partial charge in [0.05, 0.1) is 23.1 Å². The molecule has 2 amide bonds.